The number of nitrogens with zero attached hydrogens (tertiary/aromatic N) is 1. The molecule has 0 unspecified atom stereocenters. The van der Waals surface area contributed by atoms with E-state index in [1.165, 1.54) is 6.07 Å². The topological polar surface area (TPSA) is 26.0 Å². The molecule has 62 valence electrons. The molecule has 0 bridgehead atoms. The zero-order chi connectivity index (χ0) is 8.72. The third-order valence-corrected chi connectivity index (χ3v) is 1.83. The van der Waals surface area contributed by atoms with Gasteiger partial charge >= 0.3 is 0 Å². The largest absolute Gasteiger partial charge is 0.426 e. The van der Waals surface area contributed by atoms with Crippen molar-refractivity contribution in [3.05, 3.63) is 28.3 Å². The summed E-state index contributed by atoms with van der Waals surface area (Å²) in [6.07, 6.45) is 0. The van der Waals surface area contributed by atoms with Gasteiger partial charge in [-0.15, -0.1) is 0 Å². The predicted octanol–water partition coefficient (Wildman–Crippen LogP) is 3.27. The molecule has 0 spiro atoms. The molecule has 1 aromatic carbocycles. The van der Waals surface area contributed by atoms with Gasteiger partial charge in [0.15, 0.2) is 5.58 Å². The van der Waals surface area contributed by atoms with Crippen LogP contribution in [0.15, 0.2) is 16.5 Å². The van der Waals surface area contributed by atoms with Crippen LogP contribution in [0.5, 0.6) is 0 Å². The first-order valence-corrected chi connectivity index (χ1v) is 3.83. The van der Waals surface area contributed by atoms with Gasteiger partial charge in [0.2, 0.25) is 0 Å². The summed E-state index contributed by atoms with van der Waals surface area (Å²) in [6, 6.07) is 2.35. The number of hydrogen-bond acceptors (Lipinski definition) is 2. The molecule has 2 rings (SSSR count). The zero-order valence-corrected chi connectivity index (χ0v) is 7.16. The van der Waals surface area contributed by atoms with E-state index in [4.69, 9.17) is 27.6 Å². The Bertz CT molecular complexity index is 440. The van der Waals surface area contributed by atoms with Crippen LogP contribution in [0.3, 0.4) is 0 Å². The molecule has 0 radical (unpaired) electrons. The van der Waals surface area contributed by atoms with Crippen molar-refractivity contribution in [3.8, 4) is 0 Å². The normalized spacial score (nSPS) is 10.9. The maximum Gasteiger partial charge on any atom is 0.293 e. The van der Waals surface area contributed by atoms with Gasteiger partial charge in [-0.2, -0.15) is 4.98 Å². The molecule has 0 aliphatic carbocycles. The summed E-state index contributed by atoms with van der Waals surface area (Å²) in [5, 5.41) is 0.127. The van der Waals surface area contributed by atoms with Crippen LogP contribution < -0.4 is 0 Å². The highest BCUT2D eigenvalue weighted by Crippen LogP contribution is 2.27. The summed E-state index contributed by atoms with van der Waals surface area (Å²) in [7, 11) is 0. The van der Waals surface area contributed by atoms with Gasteiger partial charge in [0.25, 0.3) is 5.35 Å². The standard InChI is InChI=1S/C7H2Cl2FNO/c8-4-1-3(10)2-5-6(4)12-7(9)11-5/h1-2H. The lowest BCUT2D eigenvalue weighted by Crippen LogP contribution is -1.74. The van der Waals surface area contributed by atoms with E-state index in [-0.39, 0.29) is 10.4 Å². The molecule has 0 N–H and O–H groups in total. The summed E-state index contributed by atoms with van der Waals surface area (Å²) in [5.41, 5.74) is 0.632. The summed E-state index contributed by atoms with van der Waals surface area (Å²) in [5.74, 6) is -0.461. The molecule has 0 saturated heterocycles. The first kappa shape index (κ1) is 7.83. The summed E-state index contributed by atoms with van der Waals surface area (Å²) in [6.45, 7) is 0. The highest BCUT2D eigenvalue weighted by Gasteiger charge is 2.08. The van der Waals surface area contributed by atoms with E-state index in [1.807, 2.05) is 0 Å². The van der Waals surface area contributed by atoms with Crippen LogP contribution in [0.2, 0.25) is 10.4 Å². The SMILES string of the molecule is Fc1cc(Cl)c2oc(Cl)nc2c1. The first-order chi connectivity index (χ1) is 5.66. The van der Waals surface area contributed by atoms with Gasteiger partial charge in [-0.1, -0.05) is 11.6 Å². The van der Waals surface area contributed by atoms with Crippen molar-refractivity contribution >= 4 is 34.3 Å². The fraction of sp³-hybridized carbons (Fsp3) is 0. The van der Waals surface area contributed by atoms with Crippen molar-refractivity contribution in [2.45, 2.75) is 0 Å². The van der Waals surface area contributed by atoms with Gasteiger partial charge in [-0.3, -0.25) is 0 Å². The Labute approximate surface area is 76.9 Å². The minimum atomic E-state index is -0.461. The Hall–Kier alpha value is -0.800. The molecule has 2 aromatic rings. The third-order valence-electron chi connectivity index (χ3n) is 1.38. The van der Waals surface area contributed by atoms with Gasteiger partial charge < -0.3 is 4.42 Å². The number of halogens is 3. The van der Waals surface area contributed by atoms with Crippen molar-refractivity contribution in [2.75, 3.05) is 0 Å². The lowest BCUT2D eigenvalue weighted by Gasteiger charge is -1.90. The summed E-state index contributed by atoms with van der Waals surface area (Å²) >= 11 is 11.1. The van der Waals surface area contributed by atoms with Crippen molar-refractivity contribution in [1.82, 2.24) is 4.98 Å². The molecule has 0 amide bonds. The second kappa shape index (κ2) is 2.61. The van der Waals surface area contributed by atoms with Crippen molar-refractivity contribution in [2.24, 2.45) is 0 Å². The Balaban J connectivity index is 2.88. The fourth-order valence-electron chi connectivity index (χ4n) is 0.933. The second-order valence-electron chi connectivity index (χ2n) is 2.20. The van der Waals surface area contributed by atoms with Gasteiger partial charge in [0.1, 0.15) is 11.3 Å². The van der Waals surface area contributed by atoms with Crippen LogP contribution in [0.25, 0.3) is 11.1 Å². The Morgan fingerprint density at radius 1 is 1.33 bits per heavy atom. The van der Waals surface area contributed by atoms with E-state index < -0.39 is 5.82 Å². The zero-order valence-electron chi connectivity index (χ0n) is 5.64. The van der Waals surface area contributed by atoms with E-state index in [0.29, 0.717) is 11.1 Å². The summed E-state index contributed by atoms with van der Waals surface area (Å²) in [4.78, 5) is 3.71. The van der Waals surface area contributed by atoms with E-state index in [9.17, 15) is 4.39 Å². The number of aromatic nitrogens is 1. The number of fused-ring (bicyclic) bond motifs is 1. The molecule has 12 heavy (non-hydrogen) atoms. The van der Waals surface area contributed by atoms with Crippen LogP contribution in [-0.4, -0.2) is 4.98 Å². The molecule has 0 atom stereocenters. The van der Waals surface area contributed by atoms with Crippen molar-refractivity contribution < 1.29 is 8.81 Å². The average molecular weight is 206 g/mol. The van der Waals surface area contributed by atoms with Gasteiger partial charge in [-0.05, 0) is 17.7 Å². The quantitative estimate of drug-likeness (QED) is 0.660. The second-order valence-corrected chi connectivity index (χ2v) is 2.93. The predicted molar refractivity (Wildman–Crippen MR) is 44.0 cm³/mol. The highest BCUT2D eigenvalue weighted by atomic mass is 35.5. The Kier molecular flexibility index (Phi) is 1.70. The first-order valence-electron chi connectivity index (χ1n) is 3.08. The number of rotatable bonds is 0. The minimum absolute atomic E-state index is 0.0440. The lowest BCUT2D eigenvalue weighted by atomic mass is 10.3. The fourth-order valence-corrected chi connectivity index (χ4v) is 1.34. The van der Waals surface area contributed by atoms with Crippen LogP contribution in [0, 0.1) is 5.82 Å². The summed E-state index contributed by atoms with van der Waals surface area (Å²) < 4.78 is 17.6. The smallest absolute Gasteiger partial charge is 0.293 e. The lowest BCUT2D eigenvalue weighted by molar-refractivity contribution is 0.602. The van der Waals surface area contributed by atoms with Crippen LogP contribution in [0.4, 0.5) is 4.39 Å². The van der Waals surface area contributed by atoms with Crippen molar-refractivity contribution in [1.29, 1.82) is 0 Å². The third kappa shape index (κ3) is 1.15. The van der Waals surface area contributed by atoms with Crippen LogP contribution in [-0.2, 0) is 0 Å². The Morgan fingerprint density at radius 2 is 2.08 bits per heavy atom. The van der Waals surface area contributed by atoms with Crippen LogP contribution >= 0.6 is 23.2 Å². The minimum Gasteiger partial charge on any atom is -0.426 e. The maximum absolute atomic E-state index is 12.7. The monoisotopic (exact) mass is 205 g/mol. The Morgan fingerprint density at radius 3 is 2.83 bits per heavy atom. The molecule has 0 aliphatic rings. The molecule has 1 aromatic heterocycles. The van der Waals surface area contributed by atoms with Crippen LogP contribution in [0.1, 0.15) is 0 Å². The molecule has 2 nitrogen and oxygen atoms in total. The van der Waals surface area contributed by atoms with E-state index in [0.717, 1.165) is 6.07 Å². The van der Waals surface area contributed by atoms with E-state index >= 15 is 0 Å². The molecule has 5 heteroatoms. The van der Waals surface area contributed by atoms with Crippen molar-refractivity contribution in [3.63, 3.8) is 0 Å². The molecular formula is C7H2Cl2FNO. The molecule has 0 aliphatic heterocycles. The van der Waals surface area contributed by atoms with Gasteiger partial charge in [0.05, 0.1) is 5.02 Å². The highest BCUT2D eigenvalue weighted by molar-refractivity contribution is 6.35. The molecular weight excluding hydrogens is 204 g/mol. The molecule has 0 fully saturated rings. The molecule has 1 heterocycles. The average Bonchev–Trinajstić information content (AvgIpc) is 2.29. The van der Waals surface area contributed by atoms with Gasteiger partial charge in [0, 0.05) is 6.07 Å². The maximum atomic E-state index is 12.7. The van der Waals surface area contributed by atoms with E-state index in [1.54, 1.807) is 0 Å². The number of oxazole rings is 1. The van der Waals surface area contributed by atoms with E-state index in [2.05, 4.69) is 4.98 Å². The van der Waals surface area contributed by atoms with Gasteiger partial charge in [-0.25, -0.2) is 4.39 Å². The number of benzene rings is 1. The number of hydrogen-bond donors (Lipinski definition) is 0. The molecule has 0 saturated carbocycles.